The fourth-order valence-electron chi connectivity index (χ4n) is 1.81. The second-order valence-electron chi connectivity index (χ2n) is 4.71. The summed E-state index contributed by atoms with van der Waals surface area (Å²) in [5.74, 6) is -2.18. The number of benzene rings is 1. The number of carboxylic acids is 1. The number of halogens is 1. The van der Waals surface area contributed by atoms with E-state index in [-0.39, 0.29) is 30.1 Å². The number of carboxylic acid groups (broad SMARTS) is 1. The molecule has 0 aliphatic heterocycles. The summed E-state index contributed by atoms with van der Waals surface area (Å²) in [6.07, 6.45) is 2.24. The Balaban J connectivity index is 1.96. The molecule has 0 aromatic heterocycles. The van der Waals surface area contributed by atoms with Crippen molar-refractivity contribution in [3.63, 3.8) is 0 Å². The molecule has 0 heterocycles. The van der Waals surface area contributed by atoms with Gasteiger partial charge in [-0.15, -0.1) is 0 Å². The second-order valence-corrected chi connectivity index (χ2v) is 4.71. The molecule has 1 amide bonds. The van der Waals surface area contributed by atoms with Crippen molar-refractivity contribution < 1.29 is 19.1 Å². The largest absolute Gasteiger partial charge is 0.478 e. The third kappa shape index (κ3) is 3.37. The van der Waals surface area contributed by atoms with Gasteiger partial charge in [-0.1, -0.05) is 0 Å². The van der Waals surface area contributed by atoms with E-state index in [4.69, 9.17) is 10.8 Å². The summed E-state index contributed by atoms with van der Waals surface area (Å²) in [4.78, 5) is 22.6. The normalized spacial score (nSPS) is 13.8. The van der Waals surface area contributed by atoms with Crippen LogP contribution in [0.5, 0.6) is 0 Å². The average molecular weight is 281 g/mol. The van der Waals surface area contributed by atoms with Gasteiger partial charge >= 0.3 is 5.97 Å². The molecule has 7 heteroatoms. The molecule has 1 saturated carbocycles. The Kier molecular flexibility index (Phi) is 4.07. The molecular formula is C13H16FN3O3. The summed E-state index contributed by atoms with van der Waals surface area (Å²) >= 11 is 0. The Morgan fingerprint density at radius 2 is 2.10 bits per heavy atom. The van der Waals surface area contributed by atoms with Gasteiger partial charge in [0.1, 0.15) is 11.4 Å². The van der Waals surface area contributed by atoms with Crippen molar-refractivity contribution in [3.8, 4) is 0 Å². The molecule has 0 saturated heterocycles. The summed E-state index contributed by atoms with van der Waals surface area (Å²) in [6.45, 7) is 0.254. The van der Waals surface area contributed by atoms with Crippen LogP contribution in [0.15, 0.2) is 12.1 Å². The fraction of sp³-hybridized carbons (Fsp3) is 0.385. The number of amides is 1. The van der Waals surface area contributed by atoms with Crippen LogP contribution in [0.25, 0.3) is 0 Å². The first kappa shape index (κ1) is 14.1. The zero-order chi connectivity index (χ0) is 14.7. The first-order chi connectivity index (χ1) is 9.49. The van der Waals surface area contributed by atoms with E-state index < -0.39 is 17.5 Å². The van der Waals surface area contributed by atoms with E-state index in [1.165, 1.54) is 6.07 Å². The Labute approximate surface area is 115 Å². The van der Waals surface area contributed by atoms with Gasteiger partial charge in [0.2, 0.25) is 5.91 Å². The Hall–Kier alpha value is -2.31. The van der Waals surface area contributed by atoms with Gasteiger partial charge in [0.25, 0.3) is 0 Å². The van der Waals surface area contributed by atoms with Gasteiger partial charge in [-0.05, 0) is 25.0 Å². The van der Waals surface area contributed by atoms with Crippen LogP contribution in [-0.4, -0.2) is 29.6 Å². The van der Waals surface area contributed by atoms with E-state index in [1.54, 1.807) is 0 Å². The number of carbonyl (C=O) groups excluding carboxylic acids is 1. The van der Waals surface area contributed by atoms with Crippen LogP contribution < -0.4 is 16.4 Å². The number of aromatic carboxylic acids is 1. The van der Waals surface area contributed by atoms with E-state index in [1.807, 2.05) is 0 Å². The van der Waals surface area contributed by atoms with Crippen molar-refractivity contribution in [1.29, 1.82) is 0 Å². The summed E-state index contributed by atoms with van der Waals surface area (Å²) in [7, 11) is 0. The lowest BCUT2D eigenvalue weighted by molar-refractivity contribution is -0.120. The van der Waals surface area contributed by atoms with Gasteiger partial charge in [-0.25, -0.2) is 9.18 Å². The molecule has 1 aromatic carbocycles. The molecular weight excluding hydrogens is 265 g/mol. The Morgan fingerprint density at radius 3 is 2.70 bits per heavy atom. The van der Waals surface area contributed by atoms with E-state index >= 15 is 0 Å². The van der Waals surface area contributed by atoms with Crippen LogP contribution >= 0.6 is 0 Å². The van der Waals surface area contributed by atoms with Crippen LogP contribution in [-0.2, 0) is 4.79 Å². The third-order valence-corrected chi connectivity index (χ3v) is 3.02. The number of hydrogen-bond acceptors (Lipinski definition) is 4. The predicted molar refractivity (Wildman–Crippen MR) is 72.0 cm³/mol. The molecule has 0 spiro atoms. The van der Waals surface area contributed by atoms with Gasteiger partial charge < -0.3 is 21.5 Å². The molecule has 1 aliphatic carbocycles. The number of nitrogen functional groups attached to an aromatic ring is 1. The standard InChI is InChI=1S/C13H16FN3O3/c14-8-3-4-9(11(12(8)15)13(19)20)16-6-5-10(18)17-7-1-2-7/h3-4,7,16H,1-2,5-6,15H2,(H,17,18)(H,19,20). The highest BCUT2D eigenvalue weighted by Crippen LogP contribution is 2.25. The van der Waals surface area contributed by atoms with Crippen LogP contribution in [0, 0.1) is 5.82 Å². The first-order valence-corrected chi connectivity index (χ1v) is 6.33. The maximum Gasteiger partial charge on any atom is 0.340 e. The topological polar surface area (TPSA) is 104 Å². The highest BCUT2D eigenvalue weighted by Gasteiger charge is 2.23. The number of anilines is 2. The SMILES string of the molecule is Nc1c(F)ccc(NCCC(=O)NC2CC2)c1C(=O)O. The van der Waals surface area contributed by atoms with Crippen LogP contribution in [0.3, 0.4) is 0 Å². The van der Waals surface area contributed by atoms with Crippen molar-refractivity contribution in [2.24, 2.45) is 0 Å². The molecule has 0 radical (unpaired) electrons. The molecule has 1 aromatic rings. The molecule has 108 valence electrons. The van der Waals surface area contributed by atoms with Gasteiger partial charge in [-0.3, -0.25) is 4.79 Å². The van der Waals surface area contributed by atoms with Crippen LogP contribution in [0.1, 0.15) is 29.6 Å². The summed E-state index contributed by atoms with van der Waals surface area (Å²) in [5.41, 5.74) is 4.89. The average Bonchev–Trinajstić information content (AvgIpc) is 3.17. The van der Waals surface area contributed by atoms with E-state index in [9.17, 15) is 14.0 Å². The number of hydrogen-bond donors (Lipinski definition) is 4. The lowest BCUT2D eigenvalue weighted by Crippen LogP contribution is -2.27. The van der Waals surface area contributed by atoms with Crippen molar-refractivity contribution in [2.75, 3.05) is 17.6 Å². The van der Waals surface area contributed by atoms with Crippen molar-refractivity contribution in [2.45, 2.75) is 25.3 Å². The number of carbonyl (C=O) groups is 2. The molecule has 1 aliphatic rings. The smallest absolute Gasteiger partial charge is 0.340 e. The van der Waals surface area contributed by atoms with Gasteiger partial charge in [0, 0.05) is 19.0 Å². The second kappa shape index (κ2) is 5.77. The highest BCUT2D eigenvalue weighted by atomic mass is 19.1. The third-order valence-electron chi connectivity index (χ3n) is 3.02. The fourth-order valence-corrected chi connectivity index (χ4v) is 1.81. The van der Waals surface area contributed by atoms with Gasteiger partial charge in [0.05, 0.1) is 11.4 Å². The number of nitrogens with one attached hydrogen (secondary N) is 2. The summed E-state index contributed by atoms with van der Waals surface area (Å²) in [6, 6.07) is 2.68. The zero-order valence-corrected chi connectivity index (χ0v) is 10.8. The monoisotopic (exact) mass is 281 g/mol. The molecule has 0 atom stereocenters. The molecule has 6 nitrogen and oxygen atoms in total. The zero-order valence-electron chi connectivity index (χ0n) is 10.8. The maximum absolute atomic E-state index is 13.2. The minimum absolute atomic E-state index is 0.0908. The number of nitrogens with two attached hydrogens (primary N) is 1. The molecule has 0 unspecified atom stereocenters. The Morgan fingerprint density at radius 1 is 1.40 bits per heavy atom. The van der Waals surface area contributed by atoms with E-state index in [0.29, 0.717) is 6.04 Å². The van der Waals surface area contributed by atoms with Crippen molar-refractivity contribution in [1.82, 2.24) is 5.32 Å². The van der Waals surface area contributed by atoms with Crippen molar-refractivity contribution >= 4 is 23.3 Å². The Bertz CT molecular complexity index is 544. The summed E-state index contributed by atoms with van der Waals surface area (Å²) < 4.78 is 13.2. The van der Waals surface area contributed by atoms with Gasteiger partial charge in [-0.2, -0.15) is 0 Å². The highest BCUT2D eigenvalue weighted by molar-refractivity contribution is 6.00. The maximum atomic E-state index is 13.2. The van der Waals surface area contributed by atoms with Gasteiger partial charge in [0.15, 0.2) is 0 Å². The first-order valence-electron chi connectivity index (χ1n) is 6.33. The van der Waals surface area contributed by atoms with Crippen LogP contribution in [0.2, 0.25) is 0 Å². The molecule has 5 N–H and O–H groups in total. The minimum atomic E-state index is -1.31. The van der Waals surface area contributed by atoms with E-state index in [2.05, 4.69) is 10.6 Å². The molecule has 1 fully saturated rings. The van der Waals surface area contributed by atoms with E-state index in [0.717, 1.165) is 18.9 Å². The minimum Gasteiger partial charge on any atom is -0.478 e. The van der Waals surface area contributed by atoms with Crippen molar-refractivity contribution in [3.05, 3.63) is 23.5 Å². The van der Waals surface area contributed by atoms with Crippen LogP contribution in [0.4, 0.5) is 15.8 Å². The summed E-state index contributed by atoms with van der Waals surface area (Å²) in [5, 5.41) is 14.7. The molecule has 0 bridgehead atoms. The molecule has 2 rings (SSSR count). The predicted octanol–water partition coefficient (Wildman–Crippen LogP) is 1.19. The lowest BCUT2D eigenvalue weighted by atomic mass is 10.1. The lowest BCUT2D eigenvalue weighted by Gasteiger charge is -2.12. The quantitative estimate of drug-likeness (QED) is 0.586. The molecule has 20 heavy (non-hydrogen) atoms. The number of rotatable bonds is 6.